The first-order valence-electron chi connectivity index (χ1n) is 8.90. The van der Waals surface area contributed by atoms with E-state index in [1.165, 1.54) is 6.07 Å². The molecule has 1 fully saturated rings. The van der Waals surface area contributed by atoms with Crippen molar-refractivity contribution in [3.63, 3.8) is 0 Å². The monoisotopic (exact) mass is 351 g/mol. The van der Waals surface area contributed by atoms with Crippen molar-refractivity contribution in [3.05, 3.63) is 77.4 Å². The van der Waals surface area contributed by atoms with Crippen LogP contribution in [-0.2, 0) is 0 Å². The van der Waals surface area contributed by atoms with Gasteiger partial charge in [0.05, 0.1) is 6.04 Å². The fourth-order valence-electron chi connectivity index (χ4n) is 3.57. The molecule has 0 bridgehead atoms. The Bertz CT molecular complexity index is 855. The number of halogens is 1. The Morgan fingerprint density at radius 2 is 1.65 bits per heavy atom. The number of aryl methyl sites for hydroxylation is 1. The van der Waals surface area contributed by atoms with Gasteiger partial charge in [-0.05, 0) is 18.6 Å². The number of nitrogens with one attached hydrogen (secondary N) is 1. The van der Waals surface area contributed by atoms with E-state index < -0.39 is 0 Å². The number of aromatic nitrogens is 3. The second kappa shape index (κ2) is 7.25. The number of anilines is 1. The topological polar surface area (TPSA) is 48.1 Å². The first-order valence-corrected chi connectivity index (χ1v) is 8.90. The van der Waals surface area contributed by atoms with Crippen molar-refractivity contribution < 1.29 is 4.39 Å². The van der Waals surface area contributed by atoms with Gasteiger partial charge >= 0.3 is 0 Å². The van der Waals surface area contributed by atoms with Gasteiger partial charge in [0.15, 0.2) is 0 Å². The van der Waals surface area contributed by atoms with E-state index in [-0.39, 0.29) is 11.9 Å². The van der Waals surface area contributed by atoms with E-state index in [2.05, 4.69) is 37.1 Å². The average molecular weight is 351 g/mol. The third kappa shape index (κ3) is 3.32. The van der Waals surface area contributed by atoms with Crippen LogP contribution in [0.25, 0.3) is 0 Å². The lowest BCUT2D eigenvalue weighted by Gasteiger charge is -2.39. The van der Waals surface area contributed by atoms with Crippen molar-refractivity contribution in [1.82, 2.24) is 20.1 Å². The SMILES string of the molecule is Cc1nc(N2CCN(C(c3ccccc3)c3ccccc3F)CC2)n[nH]1. The van der Waals surface area contributed by atoms with Gasteiger partial charge < -0.3 is 4.90 Å². The van der Waals surface area contributed by atoms with Gasteiger partial charge in [0.2, 0.25) is 5.95 Å². The largest absolute Gasteiger partial charge is 0.337 e. The molecule has 1 aliphatic heterocycles. The maximum absolute atomic E-state index is 14.6. The second-order valence-corrected chi connectivity index (χ2v) is 6.58. The minimum Gasteiger partial charge on any atom is -0.337 e. The quantitative estimate of drug-likeness (QED) is 0.784. The van der Waals surface area contributed by atoms with Crippen LogP contribution in [0.1, 0.15) is 23.0 Å². The molecule has 2 heterocycles. The molecule has 1 aromatic heterocycles. The molecule has 1 atom stereocenters. The molecular formula is C20H22FN5. The zero-order valence-electron chi connectivity index (χ0n) is 14.8. The van der Waals surface area contributed by atoms with Crippen LogP contribution in [0.3, 0.4) is 0 Å². The summed E-state index contributed by atoms with van der Waals surface area (Å²) in [6.07, 6.45) is 0. The summed E-state index contributed by atoms with van der Waals surface area (Å²) in [5.74, 6) is 1.40. The molecular weight excluding hydrogens is 329 g/mol. The molecule has 134 valence electrons. The van der Waals surface area contributed by atoms with Gasteiger partial charge in [-0.3, -0.25) is 10.00 Å². The summed E-state index contributed by atoms with van der Waals surface area (Å²) < 4.78 is 14.6. The summed E-state index contributed by atoms with van der Waals surface area (Å²) in [6, 6.07) is 17.1. The normalized spacial score (nSPS) is 16.6. The molecule has 1 unspecified atom stereocenters. The number of benzene rings is 2. The highest BCUT2D eigenvalue weighted by atomic mass is 19.1. The van der Waals surface area contributed by atoms with E-state index in [4.69, 9.17) is 0 Å². The fourth-order valence-corrected chi connectivity index (χ4v) is 3.57. The van der Waals surface area contributed by atoms with E-state index in [1.807, 2.05) is 37.3 Å². The Hall–Kier alpha value is -2.73. The third-order valence-electron chi connectivity index (χ3n) is 4.86. The zero-order chi connectivity index (χ0) is 17.9. The zero-order valence-corrected chi connectivity index (χ0v) is 14.8. The van der Waals surface area contributed by atoms with Crippen LogP contribution in [0.2, 0.25) is 0 Å². The first kappa shape index (κ1) is 16.7. The van der Waals surface area contributed by atoms with Crippen molar-refractivity contribution in [2.24, 2.45) is 0 Å². The smallest absolute Gasteiger partial charge is 0.244 e. The average Bonchev–Trinajstić information content (AvgIpc) is 3.11. The number of piperazine rings is 1. The third-order valence-corrected chi connectivity index (χ3v) is 4.86. The number of nitrogens with zero attached hydrogens (tertiary/aromatic N) is 4. The lowest BCUT2D eigenvalue weighted by Crippen LogP contribution is -2.48. The van der Waals surface area contributed by atoms with Gasteiger partial charge in [0.25, 0.3) is 0 Å². The van der Waals surface area contributed by atoms with E-state index in [0.717, 1.165) is 49.1 Å². The van der Waals surface area contributed by atoms with Gasteiger partial charge in [-0.25, -0.2) is 4.39 Å². The van der Waals surface area contributed by atoms with Gasteiger partial charge in [0.1, 0.15) is 11.6 Å². The molecule has 26 heavy (non-hydrogen) atoms. The summed E-state index contributed by atoms with van der Waals surface area (Å²) in [7, 11) is 0. The number of rotatable bonds is 4. The highest BCUT2D eigenvalue weighted by Gasteiger charge is 2.29. The molecule has 1 aliphatic rings. The summed E-state index contributed by atoms with van der Waals surface area (Å²) >= 11 is 0. The van der Waals surface area contributed by atoms with Crippen molar-refractivity contribution in [3.8, 4) is 0 Å². The predicted octanol–water partition coefficient (Wildman–Crippen LogP) is 3.16. The lowest BCUT2D eigenvalue weighted by molar-refractivity contribution is 0.208. The Labute approximate surface area is 152 Å². The molecule has 4 rings (SSSR count). The fraction of sp³-hybridized carbons (Fsp3) is 0.300. The Kier molecular flexibility index (Phi) is 4.67. The number of aromatic amines is 1. The standard InChI is InChI=1S/C20H22FN5/c1-15-22-20(24-23-15)26-13-11-25(12-14-26)19(16-7-3-2-4-8-16)17-9-5-6-10-18(17)21/h2-10,19H,11-14H2,1H3,(H,22,23,24). The van der Waals surface area contributed by atoms with Crippen molar-refractivity contribution in [1.29, 1.82) is 0 Å². The van der Waals surface area contributed by atoms with Crippen LogP contribution in [0.15, 0.2) is 54.6 Å². The molecule has 6 heteroatoms. The van der Waals surface area contributed by atoms with Gasteiger partial charge in [-0.15, -0.1) is 5.10 Å². The molecule has 0 radical (unpaired) electrons. The van der Waals surface area contributed by atoms with E-state index >= 15 is 0 Å². The van der Waals surface area contributed by atoms with E-state index in [1.54, 1.807) is 6.07 Å². The highest BCUT2D eigenvalue weighted by Crippen LogP contribution is 2.31. The maximum atomic E-state index is 14.6. The minimum atomic E-state index is -0.159. The van der Waals surface area contributed by atoms with Crippen molar-refractivity contribution in [2.75, 3.05) is 31.1 Å². The van der Waals surface area contributed by atoms with Gasteiger partial charge in [-0.2, -0.15) is 4.98 Å². The number of hydrogen-bond donors (Lipinski definition) is 1. The Morgan fingerprint density at radius 1 is 0.962 bits per heavy atom. The molecule has 0 amide bonds. The summed E-state index contributed by atoms with van der Waals surface area (Å²) in [5.41, 5.74) is 1.83. The maximum Gasteiger partial charge on any atom is 0.244 e. The predicted molar refractivity (Wildman–Crippen MR) is 99.6 cm³/mol. The molecule has 0 spiro atoms. The molecule has 1 N–H and O–H groups in total. The summed E-state index contributed by atoms with van der Waals surface area (Å²) in [6.45, 7) is 5.17. The van der Waals surface area contributed by atoms with Crippen LogP contribution < -0.4 is 4.90 Å². The van der Waals surface area contributed by atoms with Crippen LogP contribution in [0.4, 0.5) is 10.3 Å². The van der Waals surface area contributed by atoms with Gasteiger partial charge in [-0.1, -0.05) is 48.5 Å². The Balaban J connectivity index is 1.59. The van der Waals surface area contributed by atoms with Crippen LogP contribution in [-0.4, -0.2) is 46.3 Å². The molecule has 1 saturated heterocycles. The molecule has 0 saturated carbocycles. The summed E-state index contributed by atoms with van der Waals surface area (Å²) in [4.78, 5) is 8.92. The van der Waals surface area contributed by atoms with Crippen molar-refractivity contribution >= 4 is 5.95 Å². The Morgan fingerprint density at radius 3 is 2.31 bits per heavy atom. The van der Waals surface area contributed by atoms with Gasteiger partial charge in [0, 0.05) is 31.7 Å². The molecule has 0 aliphatic carbocycles. The summed E-state index contributed by atoms with van der Waals surface area (Å²) in [5, 5.41) is 7.14. The van der Waals surface area contributed by atoms with E-state index in [9.17, 15) is 4.39 Å². The molecule has 3 aromatic rings. The number of hydrogen-bond acceptors (Lipinski definition) is 4. The van der Waals surface area contributed by atoms with Crippen LogP contribution in [0, 0.1) is 12.7 Å². The van der Waals surface area contributed by atoms with E-state index in [0.29, 0.717) is 0 Å². The highest BCUT2D eigenvalue weighted by molar-refractivity contribution is 5.34. The molecule has 2 aromatic carbocycles. The van der Waals surface area contributed by atoms with Crippen LogP contribution >= 0.6 is 0 Å². The second-order valence-electron chi connectivity index (χ2n) is 6.58. The van der Waals surface area contributed by atoms with Crippen LogP contribution in [0.5, 0.6) is 0 Å². The molecule has 5 nitrogen and oxygen atoms in total. The number of H-pyrrole nitrogens is 1. The minimum absolute atomic E-state index is 0.0894. The van der Waals surface area contributed by atoms with Crippen molar-refractivity contribution in [2.45, 2.75) is 13.0 Å². The lowest BCUT2D eigenvalue weighted by atomic mass is 9.96. The first-order chi connectivity index (χ1) is 12.7.